The molecule has 0 heterocycles. The van der Waals surface area contributed by atoms with Crippen LogP contribution in [0.1, 0.15) is 49.0 Å². The van der Waals surface area contributed by atoms with Gasteiger partial charge in [-0.15, -0.1) is 0 Å². The Labute approximate surface area is 172 Å². The molecule has 156 valence electrons. The van der Waals surface area contributed by atoms with E-state index in [1.165, 1.54) is 0 Å². The number of carbonyl (C=O) groups excluding carboxylic acids is 2. The second kappa shape index (κ2) is 11.1. The highest BCUT2D eigenvalue weighted by molar-refractivity contribution is 6.05. The molecule has 0 radical (unpaired) electrons. The zero-order valence-corrected chi connectivity index (χ0v) is 17.5. The number of anilines is 1. The number of amides is 1. The Balaban J connectivity index is 1.93. The van der Waals surface area contributed by atoms with E-state index in [1.807, 2.05) is 25.1 Å². The van der Waals surface area contributed by atoms with Crippen molar-refractivity contribution >= 4 is 17.6 Å². The highest BCUT2D eigenvalue weighted by Crippen LogP contribution is 2.26. The molecule has 0 aliphatic heterocycles. The lowest BCUT2D eigenvalue weighted by Gasteiger charge is -2.14. The van der Waals surface area contributed by atoms with Gasteiger partial charge in [-0.3, -0.25) is 4.79 Å². The molecule has 0 spiro atoms. The molecule has 1 atom stereocenters. The lowest BCUT2D eigenvalue weighted by molar-refractivity contribution is -0.151. The van der Waals surface area contributed by atoms with Gasteiger partial charge in [-0.1, -0.05) is 25.8 Å². The molecule has 0 aliphatic carbocycles. The molecule has 0 aromatic heterocycles. The fourth-order valence-electron chi connectivity index (χ4n) is 2.69. The van der Waals surface area contributed by atoms with Crippen LogP contribution in [0.3, 0.4) is 0 Å². The van der Waals surface area contributed by atoms with Crippen LogP contribution in [-0.4, -0.2) is 31.7 Å². The zero-order valence-electron chi connectivity index (χ0n) is 17.5. The van der Waals surface area contributed by atoms with Crippen LogP contribution >= 0.6 is 0 Å². The fourth-order valence-corrected chi connectivity index (χ4v) is 2.69. The minimum absolute atomic E-state index is 0.260. The number of hydrogen-bond acceptors (Lipinski definition) is 5. The number of carbonyl (C=O) groups is 2. The van der Waals surface area contributed by atoms with Crippen molar-refractivity contribution in [2.45, 2.75) is 46.1 Å². The van der Waals surface area contributed by atoms with E-state index in [-0.39, 0.29) is 5.91 Å². The van der Waals surface area contributed by atoms with Crippen LogP contribution in [0.4, 0.5) is 5.69 Å². The summed E-state index contributed by atoms with van der Waals surface area (Å²) < 4.78 is 16.1. The van der Waals surface area contributed by atoms with Crippen molar-refractivity contribution < 1.29 is 23.8 Å². The predicted octanol–water partition coefficient (Wildman–Crippen LogP) is 4.76. The Kier molecular flexibility index (Phi) is 8.52. The maximum Gasteiger partial charge on any atom is 0.347 e. The summed E-state index contributed by atoms with van der Waals surface area (Å²) in [4.78, 5) is 24.5. The molecule has 1 unspecified atom stereocenters. The van der Waals surface area contributed by atoms with E-state index < -0.39 is 12.1 Å². The maximum atomic E-state index is 12.5. The molecule has 2 aromatic rings. The predicted molar refractivity (Wildman–Crippen MR) is 113 cm³/mol. The first kappa shape index (κ1) is 22.3. The second-order valence-electron chi connectivity index (χ2n) is 6.82. The molecule has 0 saturated carbocycles. The Bertz CT molecular complexity index is 817. The van der Waals surface area contributed by atoms with E-state index in [0.717, 1.165) is 24.8 Å². The van der Waals surface area contributed by atoms with Crippen LogP contribution in [0, 0.1) is 6.92 Å². The van der Waals surface area contributed by atoms with Gasteiger partial charge in [0.1, 0.15) is 11.5 Å². The molecule has 29 heavy (non-hydrogen) atoms. The number of aryl methyl sites for hydroxylation is 1. The lowest BCUT2D eigenvalue weighted by atomic mass is 10.1. The Morgan fingerprint density at radius 1 is 1.07 bits per heavy atom. The third-order valence-corrected chi connectivity index (χ3v) is 4.36. The van der Waals surface area contributed by atoms with E-state index >= 15 is 0 Å². The number of unbranched alkanes of at least 4 members (excludes halogenated alkanes) is 2. The first-order valence-electron chi connectivity index (χ1n) is 9.84. The standard InChI is InChI=1S/C23H29NO5/c1-5-6-7-14-28-23(26)17(3)29-19-11-9-18(10-12-19)22(25)24-20-15-16(2)8-13-21(20)27-4/h8-13,15,17H,5-7,14H2,1-4H3,(H,24,25). The quantitative estimate of drug-likeness (QED) is 0.461. The van der Waals surface area contributed by atoms with E-state index in [4.69, 9.17) is 14.2 Å². The molecule has 0 fully saturated rings. The molecular weight excluding hydrogens is 370 g/mol. The maximum absolute atomic E-state index is 12.5. The van der Waals surface area contributed by atoms with Crippen molar-refractivity contribution in [3.05, 3.63) is 53.6 Å². The van der Waals surface area contributed by atoms with Crippen LogP contribution in [-0.2, 0) is 9.53 Å². The average Bonchev–Trinajstić information content (AvgIpc) is 2.71. The number of hydrogen-bond donors (Lipinski definition) is 1. The van der Waals surface area contributed by atoms with Gasteiger partial charge in [0.05, 0.1) is 19.4 Å². The zero-order chi connectivity index (χ0) is 21.2. The molecule has 1 N–H and O–H groups in total. The van der Waals surface area contributed by atoms with Crippen LogP contribution in [0.5, 0.6) is 11.5 Å². The average molecular weight is 399 g/mol. The SMILES string of the molecule is CCCCCOC(=O)C(C)Oc1ccc(C(=O)Nc2cc(C)ccc2OC)cc1. The van der Waals surface area contributed by atoms with Crippen LogP contribution < -0.4 is 14.8 Å². The van der Waals surface area contributed by atoms with Crippen molar-refractivity contribution in [3.8, 4) is 11.5 Å². The van der Waals surface area contributed by atoms with Gasteiger partial charge >= 0.3 is 5.97 Å². The van der Waals surface area contributed by atoms with E-state index in [0.29, 0.717) is 29.4 Å². The van der Waals surface area contributed by atoms with Gasteiger partial charge in [-0.05, 0) is 62.2 Å². The van der Waals surface area contributed by atoms with Crippen LogP contribution in [0.25, 0.3) is 0 Å². The molecule has 1 amide bonds. The van der Waals surface area contributed by atoms with Gasteiger partial charge in [0.15, 0.2) is 6.10 Å². The fraction of sp³-hybridized carbons (Fsp3) is 0.391. The summed E-state index contributed by atoms with van der Waals surface area (Å²) in [7, 11) is 1.56. The van der Waals surface area contributed by atoms with Gasteiger partial charge in [0.2, 0.25) is 0 Å². The number of ether oxygens (including phenoxy) is 3. The number of nitrogens with one attached hydrogen (secondary N) is 1. The smallest absolute Gasteiger partial charge is 0.347 e. The second-order valence-corrected chi connectivity index (χ2v) is 6.82. The molecule has 0 bridgehead atoms. The summed E-state index contributed by atoms with van der Waals surface area (Å²) in [5, 5.41) is 2.85. The number of rotatable bonds is 10. The topological polar surface area (TPSA) is 73.9 Å². The van der Waals surface area contributed by atoms with Gasteiger partial charge in [-0.2, -0.15) is 0 Å². The third-order valence-electron chi connectivity index (χ3n) is 4.36. The summed E-state index contributed by atoms with van der Waals surface area (Å²) in [6.45, 7) is 6.08. The highest BCUT2D eigenvalue weighted by atomic mass is 16.6. The summed E-state index contributed by atoms with van der Waals surface area (Å²) in [6.07, 6.45) is 2.23. The largest absolute Gasteiger partial charge is 0.495 e. The number of benzene rings is 2. The summed E-state index contributed by atoms with van der Waals surface area (Å²) in [5.74, 6) is 0.432. The molecular formula is C23H29NO5. The first-order valence-corrected chi connectivity index (χ1v) is 9.84. The molecule has 0 saturated heterocycles. The Morgan fingerprint density at radius 3 is 2.45 bits per heavy atom. The molecule has 6 heteroatoms. The molecule has 0 aliphatic rings. The van der Waals surface area contributed by atoms with Crippen molar-refractivity contribution in [2.75, 3.05) is 19.0 Å². The van der Waals surface area contributed by atoms with Crippen molar-refractivity contribution in [1.29, 1.82) is 0 Å². The van der Waals surface area contributed by atoms with Crippen LogP contribution in [0.15, 0.2) is 42.5 Å². The summed E-state index contributed by atoms with van der Waals surface area (Å²) in [6, 6.07) is 12.2. The monoisotopic (exact) mass is 399 g/mol. The number of esters is 1. The minimum atomic E-state index is -0.715. The van der Waals surface area contributed by atoms with Gasteiger partial charge in [0, 0.05) is 5.56 Å². The number of methoxy groups -OCH3 is 1. The van der Waals surface area contributed by atoms with Gasteiger partial charge in [0.25, 0.3) is 5.91 Å². The van der Waals surface area contributed by atoms with Crippen molar-refractivity contribution in [3.63, 3.8) is 0 Å². The van der Waals surface area contributed by atoms with Crippen LogP contribution in [0.2, 0.25) is 0 Å². The minimum Gasteiger partial charge on any atom is -0.495 e. The molecule has 6 nitrogen and oxygen atoms in total. The third kappa shape index (κ3) is 6.82. The first-order chi connectivity index (χ1) is 13.9. The molecule has 2 rings (SSSR count). The van der Waals surface area contributed by atoms with E-state index in [9.17, 15) is 9.59 Å². The van der Waals surface area contributed by atoms with E-state index in [2.05, 4.69) is 12.2 Å². The van der Waals surface area contributed by atoms with E-state index in [1.54, 1.807) is 38.3 Å². The highest BCUT2D eigenvalue weighted by Gasteiger charge is 2.17. The van der Waals surface area contributed by atoms with Gasteiger partial charge in [-0.25, -0.2) is 4.79 Å². The lowest BCUT2D eigenvalue weighted by Crippen LogP contribution is -2.26. The van der Waals surface area contributed by atoms with Crippen molar-refractivity contribution in [1.82, 2.24) is 0 Å². The van der Waals surface area contributed by atoms with Crippen molar-refractivity contribution in [2.24, 2.45) is 0 Å². The summed E-state index contributed by atoms with van der Waals surface area (Å²) in [5.41, 5.74) is 2.09. The molecule has 2 aromatic carbocycles. The van der Waals surface area contributed by atoms with Gasteiger partial charge < -0.3 is 19.5 Å². The Morgan fingerprint density at radius 2 is 1.79 bits per heavy atom. The Hall–Kier alpha value is -3.02. The normalized spacial score (nSPS) is 11.4. The summed E-state index contributed by atoms with van der Waals surface area (Å²) >= 11 is 0.